The molecular formula is C15H19BrN2O3. The van der Waals surface area contributed by atoms with Crippen LogP contribution in [0.3, 0.4) is 0 Å². The predicted octanol–water partition coefficient (Wildman–Crippen LogP) is 2.45. The summed E-state index contributed by atoms with van der Waals surface area (Å²) in [6.45, 7) is 6.35. The maximum absolute atomic E-state index is 11.9. The predicted molar refractivity (Wildman–Crippen MR) is 83.8 cm³/mol. The van der Waals surface area contributed by atoms with E-state index in [-0.39, 0.29) is 11.8 Å². The molecule has 2 rings (SSSR count). The van der Waals surface area contributed by atoms with Gasteiger partial charge in [-0.15, -0.1) is 0 Å². The lowest BCUT2D eigenvalue weighted by Gasteiger charge is -2.46. The monoisotopic (exact) mass is 354 g/mol. The first kappa shape index (κ1) is 16.0. The van der Waals surface area contributed by atoms with Crippen molar-refractivity contribution in [3.05, 3.63) is 28.2 Å². The molecule has 2 unspecified atom stereocenters. The van der Waals surface area contributed by atoms with Crippen LogP contribution in [0.25, 0.3) is 0 Å². The van der Waals surface area contributed by atoms with Gasteiger partial charge in [0, 0.05) is 29.6 Å². The molecule has 1 aromatic carbocycles. The summed E-state index contributed by atoms with van der Waals surface area (Å²) in [6.07, 6.45) is -0.910. The van der Waals surface area contributed by atoms with Gasteiger partial charge in [-0.25, -0.2) is 0 Å². The SMILES string of the molecule is CC(=O)N(C(C)=O)C1c2cc(Br)ccc2NC(C)(C)C1O. The highest BCUT2D eigenvalue weighted by Gasteiger charge is 2.45. The Hall–Kier alpha value is -1.40. The van der Waals surface area contributed by atoms with Crippen molar-refractivity contribution in [3.8, 4) is 0 Å². The van der Waals surface area contributed by atoms with Gasteiger partial charge in [0.2, 0.25) is 11.8 Å². The molecule has 1 aliphatic rings. The number of hydrogen-bond donors (Lipinski definition) is 2. The van der Waals surface area contributed by atoms with Gasteiger partial charge in [0.15, 0.2) is 0 Å². The van der Waals surface area contributed by atoms with Crippen molar-refractivity contribution >= 4 is 33.4 Å². The Balaban J connectivity index is 2.64. The van der Waals surface area contributed by atoms with Crippen LogP contribution in [0.4, 0.5) is 5.69 Å². The second-order valence-corrected chi connectivity index (χ2v) is 6.79. The lowest BCUT2D eigenvalue weighted by molar-refractivity contribution is -0.149. The van der Waals surface area contributed by atoms with Crippen LogP contribution in [0.15, 0.2) is 22.7 Å². The zero-order valence-electron chi connectivity index (χ0n) is 12.5. The number of amides is 2. The second kappa shape index (κ2) is 5.42. The summed E-state index contributed by atoms with van der Waals surface area (Å²) in [4.78, 5) is 24.9. The Morgan fingerprint density at radius 1 is 1.29 bits per heavy atom. The maximum Gasteiger partial charge on any atom is 0.226 e. The highest BCUT2D eigenvalue weighted by molar-refractivity contribution is 9.10. The van der Waals surface area contributed by atoms with Crippen molar-refractivity contribution in [1.82, 2.24) is 4.90 Å². The molecule has 6 heteroatoms. The molecule has 1 heterocycles. The summed E-state index contributed by atoms with van der Waals surface area (Å²) in [5.74, 6) is -0.759. The number of fused-ring (bicyclic) bond motifs is 1. The van der Waals surface area contributed by atoms with Crippen molar-refractivity contribution < 1.29 is 14.7 Å². The van der Waals surface area contributed by atoms with E-state index in [2.05, 4.69) is 21.2 Å². The Morgan fingerprint density at radius 2 is 1.86 bits per heavy atom. The lowest BCUT2D eigenvalue weighted by atomic mass is 9.81. The third-order valence-corrected chi connectivity index (χ3v) is 4.28. The summed E-state index contributed by atoms with van der Waals surface area (Å²) >= 11 is 3.39. The molecule has 21 heavy (non-hydrogen) atoms. The van der Waals surface area contributed by atoms with Gasteiger partial charge in [0.05, 0.1) is 11.6 Å². The Kier molecular flexibility index (Phi) is 4.13. The molecule has 1 aliphatic heterocycles. The third-order valence-electron chi connectivity index (χ3n) is 3.78. The number of nitrogens with one attached hydrogen (secondary N) is 1. The van der Waals surface area contributed by atoms with Crippen molar-refractivity contribution in [3.63, 3.8) is 0 Å². The first-order chi connectivity index (χ1) is 9.65. The molecule has 0 fully saturated rings. The molecule has 2 N–H and O–H groups in total. The third kappa shape index (κ3) is 2.82. The molecule has 0 spiro atoms. The fourth-order valence-electron chi connectivity index (χ4n) is 2.77. The van der Waals surface area contributed by atoms with E-state index in [0.29, 0.717) is 0 Å². The van der Waals surface area contributed by atoms with E-state index in [1.54, 1.807) is 0 Å². The number of benzene rings is 1. The van der Waals surface area contributed by atoms with Crippen molar-refractivity contribution in [1.29, 1.82) is 0 Å². The van der Waals surface area contributed by atoms with Crippen LogP contribution >= 0.6 is 15.9 Å². The second-order valence-electron chi connectivity index (χ2n) is 5.88. The molecule has 0 saturated heterocycles. The van der Waals surface area contributed by atoms with Crippen molar-refractivity contribution in [2.75, 3.05) is 5.32 Å². The minimum Gasteiger partial charge on any atom is -0.388 e. The zero-order chi connectivity index (χ0) is 15.9. The van der Waals surface area contributed by atoms with Crippen LogP contribution in [-0.2, 0) is 9.59 Å². The highest BCUT2D eigenvalue weighted by atomic mass is 79.9. The molecule has 0 saturated carbocycles. The van der Waals surface area contributed by atoms with Gasteiger partial charge < -0.3 is 10.4 Å². The van der Waals surface area contributed by atoms with Gasteiger partial charge >= 0.3 is 0 Å². The van der Waals surface area contributed by atoms with Gasteiger partial charge in [-0.3, -0.25) is 14.5 Å². The average Bonchev–Trinajstić information content (AvgIpc) is 2.34. The minimum atomic E-state index is -0.910. The summed E-state index contributed by atoms with van der Waals surface area (Å²) in [5.41, 5.74) is 0.877. The number of anilines is 1. The van der Waals surface area contributed by atoms with E-state index in [0.717, 1.165) is 20.6 Å². The first-order valence-electron chi connectivity index (χ1n) is 6.71. The summed E-state index contributed by atoms with van der Waals surface area (Å²) in [7, 11) is 0. The number of nitrogens with zero attached hydrogens (tertiary/aromatic N) is 1. The smallest absolute Gasteiger partial charge is 0.226 e. The average molecular weight is 355 g/mol. The Morgan fingerprint density at radius 3 is 2.38 bits per heavy atom. The molecule has 0 radical (unpaired) electrons. The van der Waals surface area contributed by atoms with Gasteiger partial charge in [-0.05, 0) is 32.0 Å². The normalized spacial score (nSPS) is 23.0. The lowest BCUT2D eigenvalue weighted by Crippen LogP contribution is -2.56. The molecule has 0 aliphatic carbocycles. The molecule has 1 aromatic rings. The number of aliphatic hydroxyl groups is 1. The Labute approximate surface area is 132 Å². The number of carbonyl (C=O) groups is 2. The standard InChI is InChI=1S/C15H19BrN2O3/c1-8(19)18(9(2)20)13-11-7-10(16)5-6-12(11)17-15(3,4)14(13)21/h5-7,13-14,17,21H,1-4H3. The molecule has 114 valence electrons. The minimum absolute atomic E-state index is 0.379. The number of carbonyl (C=O) groups excluding carboxylic acids is 2. The number of aliphatic hydroxyl groups excluding tert-OH is 1. The summed E-state index contributed by atoms with van der Waals surface area (Å²) in [6, 6.07) is 4.87. The van der Waals surface area contributed by atoms with Crippen LogP contribution in [0.1, 0.15) is 39.3 Å². The Bertz CT molecular complexity index is 587. The van der Waals surface area contributed by atoms with Gasteiger partial charge in [-0.2, -0.15) is 0 Å². The van der Waals surface area contributed by atoms with Crippen molar-refractivity contribution in [2.24, 2.45) is 0 Å². The van der Waals surface area contributed by atoms with Crippen LogP contribution in [-0.4, -0.2) is 33.5 Å². The van der Waals surface area contributed by atoms with Gasteiger partial charge in [0.1, 0.15) is 6.10 Å². The van der Waals surface area contributed by atoms with Gasteiger partial charge in [0.25, 0.3) is 0 Å². The topological polar surface area (TPSA) is 69.6 Å². The quantitative estimate of drug-likeness (QED) is 0.812. The van der Waals surface area contributed by atoms with E-state index >= 15 is 0 Å². The van der Waals surface area contributed by atoms with E-state index in [4.69, 9.17) is 0 Å². The van der Waals surface area contributed by atoms with Crippen molar-refractivity contribution in [2.45, 2.75) is 45.4 Å². The zero-order valence-corrected chi connectivity index (χ0v) is 14.1. The van der Waals surface area contributed by atoms with E-state index in [9.17, 15) is 14.7 Å². The maximum atomic E-state index is 11.9. The summed E-state index contributed by atoms with van der Waals surface area (Å²) < 4.78 is 0.826. The van der Waals surface area contributed by atoms with E-state index in [1.165, 1.54) is 13.8 Å². The fourth-order valence-corrected chi connectivity index (χ4v) is 3.15. The molecule has 2 amide bonds. The van der Waals surface area contributed by atoms with Crippen LogP contribution < -0.4 is 5.32 Å². The molecule has 5 nitrogen and oxygen atoms in total. The fraction of sp³-hybridized carbons (Fsp3) is 0.467. The first-order valence-corrected chi connectivity index (χ1v) is 7.50. The molecule has 0 aromatic heterocycles. The number of halogens is 1. The molecular weight excluding hydrogens is 336 g/mol. The highest BCUT2D eigenvalue weighted by Crippen LogP contribution is 2.42. The van der Waals surface area contributed by atoms with Crippen LogP contribution in [0.2, 0.25) is 0 Å². The molecule has 0 bridgehead atoms. The van der Waals surface area contributed by atoms with Gasteiger partial charge in [-0.1, -0.05) is 15.9 Å². The molecule has 2 atom stereocenters. The summed E-state index contributed by atoms with van der Waals surface area (Å²) in [5, 5.41) is 13.9. The van der Waals surface area contributed by atoms with Crippen LogP contribution in [0, 0.1) is 0 Å². The van der Waals surface area contributed by atoms with E-state index < -0.39 is 17.7 Å². The number of imide groups is 1. The van der Waals surface area contributed by atoms with Crippen LogP contribution in [0.5, 0.6) is 0 Å². The largest absolute Gasteiger partial charge is 0.388 e. The van der Waals surface area contributed by atoms with E-state index in [1.807, 2.05) is 32.0 Å². The number of rotatable bonds is 1. The number of hydrogen-bond acceptors (Lipinski definition) is 4.